The van der Waals surface area contributed by atoms with Crippen LogP contribution in [0.4, 0.5) is 10.1 Å². The van der Waals surface area contributed by atoms with Gasteiger partial charge in [-0.3, -0.25) is 9.59 Å². The first kappa shape index (κ1) is 13.8. The summed E-state index contributed by atoms with van der Waals surface area (Å²) in [5.41, 5.74) is -0.679. The van der Waals surface area contributed by atoms with Gasteiger partial charge in [-0.15, -0.1) is 0 Å². The van der Waals surface area contributed by atoms with Gasteiger partial charge in [-0.1, -0.05) is 18.0 Å². The Labute approximate surface area is 114 Å². The Balaban J connectivity index is 2.01. The van der Waals surface area contributed by atoms with Crippen molar-refractivity contribution in [1.82, 2.24) is 0 Å². The molecule has 1 amide bonds. The van der Waals surface area contributed by atoms with Crippen molar-refractivity contribution in [1.29, 1.82) is 0 Å². The normalized spacial score (nSPS) is 16.5. The summed E-state index contributed by atoms with van der Waals surface area (Å²) in [5, 5.41) is 11.6. The highest BCUT2D eigenvalue weighted by atomic mass is 35.5. The number of carboxylic acids is 1. The molecule has 1 aliphatic carbocycles. The second kappa shape index (κ2) is 5.17. The van der Waals surface area contributed by atoms with Crippen molar-refractivity contribution in [2.24, 2.45) is 5.41 Å². The van der Waals surface area contributed by atoms with Gasteiger partial charge in [0.1, 0.15) is 5.82 Å². The van der Waals surface area contributed by atoms with Gasteiger partial charge in [0.2, 0.25) is 5.91 Å². The quantitative estimate of drug-likeness (QED) is 0.893. The fourth-order valence-corrected chi connectivity index (χ4v) is 2.27. The number of rotatable bonds is 4. The van der Waals surface area contributed by atoms with Gasteiger partial charge in [0.25, 0.3) is 0 Å². The van der Waals surface area contributed by atoms with E-state index in [1.54, 1.807) is 0 Å². The van der Waals surface area contributed by atoms with Crippen LogP contribution in [0.2, 0.25) is 5.02 Å². The number of aliphatic carboxylic acids is 1. The largest absolute Gasteiger partial charge is 0.481 e. The lowest BCUT2D eigenvalue weighted by atomic mass is 9.66. The molecular formula is C13H13ClFNO3. The van der Waals surface area contributed by atoms with Crippen molar-refractivity contribution >= 4 is 29.2 Å². The fraction of sp³-hybridized carbons (Fsp3) is 0.385. The van der Waals surface area contributed by atoms with Gasteiger partial charge in [0, 0.05) is 12.1 Å². The molecule has 0 aliphatic heterocycles. The van der Waals surface area contributed by atoms with Crippen LogP contribution in [0.1, 0.15) is 25.7 Å². The molecule has 1 saturated carbocycles. The first-order valence-electron chi connectivity index (χ1n) is 5.91. The molecule has 102 valence electrons. The summed E-state index contributed by atoms with van der Waals surface area (Å²) >= 11 is 5.53. The Morgan fingerprint density at radius 1 is 1.42 bits per heavy atom. The van der Waals surface area contributed by atoms with Gasteiger partial charge in [-0.25, -0.2) is 4.39 Å². The number of carbonyl (C=O) groups excluding carboxylic acids is 1. The van der Waals surface area contributed by atoms with Crippen LogP contribution in [0.15, 0.2) is 18.2 Å². The number of amides is 1. The monoisotopic (exact) mass is 285 g/mol. The van der Waals surface area contributed by atoms with E-state index < -0.39 is 23.1 Å². The van der Waals surface area contributed by atoms with Gasteiger partial charge in [-0.05, 0) is 31.0 Å². The minimum absolute atomic E-state index is 0.0287. The lowest BCUT2D eigenvalue weighted by Crippen LogP contribution is -2.41. The van der Waals surface area contributed by atoms with E-state index in [1.165, 1.54) is 12.1 Å². The van der Waals surface area contributed by atoms with Crippen LogP contribution >= 0.6 is 11.6 Å². The number of nitrogens with one attached hydrogen (secondary N) is 1. The molecule has 6 heteroatoms. The second-order valence-corrected chi connectivity index (χ2v) is 5.20. The molecule has 4 nitrogen and oxygen atoms in total. The van der Waals surface area contributed by atoms with Crippen LogP contribution in [0.25, 0.3) is 0 Å². The van der Waals surface area contributed by atoms with E-state index in [0.717, 1.165) is 12.5 Å². The highest BCUT2D eigenvalue weighted by Crippen LogP contribution is 2.44. The number of carboxylic acid groups (broad SMARTS) is 1. The van der Waals surface area contributed by atoms with Crippen molar-refractivity contribution in [2.75, 3.05) is 5.32 Å². The van der Waals surface area contributed by atoms with Gasteiger partial charge >= 0.3 is 5.97 Å². The summed E-state index contributed by atoms with van der Waals surface area (Å²) in [6.45, 7) is 0. The molecular weight excluding hydrogens is 273 g/mol. The van der Waals surface area contributed by atoms with E-state index in [1.807, 2.05) is 0 Å². The van der Waals surface area contributed by atoms with Crippen molar-refractivity contribution in [3.05, 3.63) is 29.0 Å². The van der Waals surface area contributed by atoms with Gasteiger partial charge in [-0.2, -0.15) is 0 Å². The van der Waals surface area contributed by atoms with Gasteiger partial charge in [0.05, 0.1) is 10.4 Å². The topological polar surface area (TPSA) is 66.4 Å². The van der Waals surface area contributed by atoms with Gasteiger partial charge < -0.3 is 10.4 Å². The third-order valence-corrected chi connectivity index (χ3v) is 3.77. The molecule has 0 radical (unpaired) electrons. The Hall–Kier alpha value is -1.62. The molecule has 1 aromatic carbocycles. The van der Waals surface area contributed by atoms with E-state index in [0.29, 0.717) is 12.8 Å². The molecule has 2 N–H and O–H groups in total. The lowest BCUT2D eigenvalue weighted by Gasteiger charge is -2.36. The molecule has 19 heavy (non-hydrogen) atoms. The number of hydrogen-bond acceptors (Lipinski definition) is 2. The minimum atomic E-state index is -0.949. The van der Waals surface area contributed by atoms with E-state index in [4.69, 9.17) is 16.7 Å². The second-order valence-electron chi connectivity index (χ2n) is 4.79. The molecule has 1 aromatic rings. The Morgan fingerprint density at radius 3 is 2.58 bits per heavy atom. The Kier molecular flexibility index (Phi) is 3.75. The third kappa shape index (κ3) is 2.87. The number of benzene rings is 1. The maximum absolute atomic E-state index is 13.2. The Morgan fingerprint density at radius 2 is 2.11 bits per heavy atom. The first-order chi connectivity index (χ1) is 8.93. The van der Waals surface area contributed by atoms with Gasteiger partial charge in [0.15, 0.2) is 0 Å². The van der Waals surface area contributed by atoms with Crippen LogP contribution < -0.4 is 5.32 Å². The van der Waals surface area contributed by atoms with Crippen LogP contribution in [0.3, 0.4) is 0 Å². The summed E-state index contributed by atoms with van der Waals surface area (Å²) in [6.07, 6.45) is 1.73. The molecule has 0 atom stereocenters. The summed E-state index contributed by atoms with van der Waals surface area (Å²) < 4.78 is 13.2. The first-order valence-corrected chi connectivity index (χ1v) is 6.29. The molecule has 0 spiro atoms. The summed E-state index contributed by atoms with van der Waals surface area (Å²) in [4.78, 5) is 22.9. The summed E-state index contributed by atoms with van der Waals surface area (Å²) in [5.74, 6) is -2.00. The SMILES string of the molecule is O=C(CC1(C(=O)O)CCC1)Nc1ccc(Cl)c(F)c1. The number of carbonyl (C=O) groups is 2. The smallest absolute Gasteiger partial charge is 0.310 e. The highest BCUT2D eigenvalue weighted by molar-refractivity contribution is 6.30. The predicted molar refractivity (Wildman–Crippen MR) is 68.6 cm³/mol. The fourth-order valence-electron chi connectivity index (χ4n) is 2.16. The minimum Gasteiger partial charge on any atom is -0.481 e. The molecule has 0 bridgehead atoms. The zero-order valence-corrected chi connectivity index (χ0v) is 10.8. The molecule has 1 fully saturated rings. The van der Waals surface area contributed by atoms with E-state index in [9.17, 15) is 14.0 Å². The van der Waals surface area contributed by atoms with Crippen molar-refractivity contribution in [3.63, 3.8) is 0 Å². The van der Waals surface area contributed by atoms with Crippen LogP contribution in [0, 0.1) is 11.2 Å². The van der Waals surface area contributed by atoms with Crippen molar-refractivity contribution in [2.45, 2.75) is 25.7 Å². The standard InChI is InChI=1S/C13H13ClFNO3/c14-9-3-2-8(6-10(9)15)16-11(17)7-13(12(18)19)4-1-5-13/h2-3,6H,1,4-5,7H2,(H,16,17)(H,18,19). The highest BCUT2D eigenvalue weighted by Gasteiger charge is 2.45. The van der Waals surface area contributed by atoms with E-state index in [2.05, 4.69) is 5.32 Å². The van der Waals surface area contributed by atoms with Crippen LogP contribution in [0.5, 0.6) is 0 Å². The lowest BCUT2D eigenvalue weighted by molar-refractivity contribution is -0.157. The zero-order valence-electron chi connectivity index (χ0n) is 10.1. The average molecular weight is 286 g/mol. The summed E-state index contributed by atoms with van der Waals surface area (Å²) in [7, 11) is 0. The van der Waals surface area contributed by atoms with Crippen LogP contribution in [-0.4, -0.2) is 17.0 Å². The number of hydrogen-bond donors (Lipinski definition) is 2. The average Bonchev–Trinajstić information content (AvgIpc) is 2.28. The van der Waals surface area contributed by atoms with Crippen molar-refractivity contribution in [3.8, 4) is 0 Å². The third-order valence-electron chi connectivity index (χ3n) is 3.47. The predicted octanol–water partition coefficient (Wildman–Crippen LogP) is 3.06. The molecule has 0 aromatic heterocycles. The molecule has 2 rings (SSSR count). The number of halogens is 2. The zero-order chi connectivity index (χ0) is 14.0. The maximum Gasteiger partial charge on any atom is 0.310 e. The molecule has 0 heterocycles. The molecule has 0 unspecified atom stereocenters. The maximum atomic E-state index is 13.2. The molecule has 0 saturated heterocycles. The van der Waals surface area contributed by atoms with Crippen LogP contribution in [-0.2, 0) is 9.59 Å². The van der Waals surface area contributed by atoms with E-state index >= 15 is 0 Å². The Bertz CT molecular complexity index is 529. The van der Waals surface area contributed by atoms with Crippen molar-refractivity contribution < 1.29 is 19.1 Å². The number of anilines is 1. The molecule has 1 aliphatic rings. The summed E-state index contributed by atoms with van der Waals surface area (Å²) in [6, 6.07) is 3.91. The van der Waals surface area contributed by atoms with E-state index in [-0.39, 0.29) is 17.1 Å².